The van der Waals surface area contributed by atoms with E-state index in [0.29, 0.717) is 12.4 Å². The van der Waals surface area contributed by atoms with Crippen LogP contribution in [0.25, 0.3) is 0 Å². The summed E-state index contributed by atoms with van der Waals surface area (Å²) < 4.78 is 40.9. The number of thioether (sulfide) groups is 1. The van der Waals surface area contributed by atoms with Gasteiger partial charge in [0.1, 0.15) is 5.75 Å². The predicted octanol–water partition coefficient (Wildman–Crippen LogP) is 3.70. The van der Waals surface area contributed by atoms with Crippen LogP contribution in [0.15, 0.2) is 29.2 Å². The summed E-state index contributed by atoms with van der Waals surface area (Å²) in [4.78, 5) is 0.168. The smallest absolute Gasteiger partial charge is 0.446 e. The second kappa shape index (κ2) is 4.59. The van der Waals surface area contributed by atoms with Crippen LogP contribution >= 0.6 is 11.8 Å². The van der Waals surface area contributed by atoms with E-state index in [1.807, 2.05) is 6.92 Å². The van der Waals surface area contributed by atoms with Gasteiger partial charge >= 0.3 is 5.51 Å². The molecule has 5 heteroatoms. The van der Waals surface area contributed by atoms with Crippen LogP contribution < -0.4 is 4.74 Å². The van der Waals surface area contributed by atoms with E-state index in [4.69, 9.17) is 4.74 Å². The van der Waals surface area contributed by atoms with Crippen molar-refractivity contribution in [3.05, 3.63) is 24.3 Å². The minimum absolute atomic E-state index is 0.128. The number of ether oxygens (including phenoxy) is 1. The molecule has 0 radical (unpaired) electrons. The van der Waals surface area contributed by atoms with E-state index in [0.717, 1.165) is 0 Å². The van der Waals surface area contributed by atoms with E-state index in [2.05, 4.69) is 0 Å². The second-order valence-electron chi connectivity index (χ2n) is 2.45. The Morgan fingerprint density at radius 1 is 1.21 bits per heavy atom. The van der Waals surface area contributed by atoms with Crippen LogP contribution in [0, 0.1) is 0 Å². The van der Waals surface area contributed by atoms with Crippen LogP contribution in [0.3, 0.4) is 0 Å². The predicted molar refractivity (Wildman–Crippen MR) is 49.5 cm³/mol. The normalized spacial score (nSPS) is 11.4. The fraction of sp³-hybridized carbons (Fsp3) is 0.333. The van der Waals surface area contributed by atoms with Crippen LogP contribution in [-0.4, -0.2) is 12.1 Å². The summed E-state index contributed by atoms with van der Waals surface area (Å²) in [6.07, 6.45) is 0. The van der Waals surface area contributed by atoms with Gasteiger partial charge in [0, 0.05) is 4.90 Å². The molecule has 0 unspecified atom stereocenters. The van der Waals surface area contributed by atoms with E-state index in [1.165, 1.54) is 24.3 Å². The van der Waals surface area contributed by atoms with Crippen molar-refractivity contribution in [3.63, 3.8) is 0 Å². The summed E-state index contributed by atoms with van der Waals surface area (Å²) in [5.41, 5.74) is -4.23. The number of benzene rings is 1. The van der Waals surface area contributed by atoms with Gasteiger partial charge in [0.05, 0.1) is 6.61 Å². The Labute approximate surface area is 84.3 Å². The Morgan fingerprint density at radius 3 is 2.21 bits per heavy atom. The van der Waals surface area contributed by atoms with E-state index in [9.17, 15) is 13.2 Å². The van der Waals surface area contributed by atoms with Crippen molar-refractivity contribution in [2.75, 3.05) is 6.61 Å². The maximum atomic E-state index is 11.9. The maximum Gasteiger partial charge on any atom is 0.446 e. The molecular formula is C9H9F3OS. The van der Waals surface area contributed by atoms with Gasteiger partial charge in [-0.1, -0.05) is 0 Å². The molecule has 1 aromatic carbocycles. The first-order chi connectivity index (χ1) is 6.51. The Balaban J connectivity index is 2.64. The molecule has 0 aliphatic rings. The largest absolute Gasteiger partial charge is 0.494 e. The van der Waals surface area contributed by atoms with Crippen LogP contribution in [0.4, 0.5) is 13.2 Å². The molecule has 1 nitrogen and oxygen atoms in total. The quantitative estimate of drug-likeness (QED) is 0.721. The summed E-state index contributed by atoms with van der Waals surface area (Å²) in [6, 6.07) is 5.83. The van der Waals surface area contributed by atoms with Crippen molar-refractivity contribution in [2.45, 2.75) is 17.3 Å². The SMILES string of the molecule is CCOc1ccc(SC(F)(F)F)cc1. The minimum Gasteiger partial charge on any atom is -0.494 e. The molecule has 0 bridgehead atoms. The molecule has 0 spiro atoms. The zero-order chi connectivity index (χ0) is 10.6. The lowest BCUT2D eigenvalue weighted by Crippen LogP contribution is -1.98. The highest BCUT2D eigenvalue weighted by molar-refractivity contribution is 8.00. The molecule has 0 heterocycles. The molecule has 0 saturated carbocycles. The third kappa shape index (κ3) is 3.91. The summed E-state index contributed by atoms with van der Waals surface area (Å²) in [5.74, 6) is 0.582. The fourth-order valence-electron chi connectivity index (χ4n) is 0.904. The second-order valence-corrected chi connectivity index (χ2v) is 3.59. The lowest BCUT2D eigenvalue weighted by atomic mass is 10.3. The van der Waals surface area contributed by atoms with Crippen LogP contribution in [0.1, 0.15) is 6.92 Å². The molecule has 78 valence electrons. The molecule has 0 amide bonds. The first kappa shape index (κ1) is 11.2. The first-order valence-electron chi connectivity index (χ1n) is 4.00. The van der Waals surface area contributed by atoms with Crippen molar-refractivity contribution in [1.82, 2.24) is 0 Å². The maximum absolute atomic E-state index is 11.9. The van der Waals surface area contributed by atoms with Gasteiger partial charge in [0.15, 0.2) is 0 Å². The van der Waals surface area contributed by atoms with Crippen LogP contribution in [0.2, 0.25) is 0 Å². The molecular weight excluding hydrogens is 213 g/mol. The Hall–Kier alpha value is -0.840. The van der Waals surface area contributed by atoms with Gasteiger partial charge in [-0.3, -0.25) is 0 Å². The summed E-state index contributed by atoms with van der Waals surface area (Å²) >= 11 is -0.128. The Morgan fingerprint density at radius 2 is 1.79 bits per heavy atom. The van der Waals surface area contributed by atoms with E-state index < -0.39 is 5.51 Å². The molecule has 1 aromatic rings. The molecule has 0 aromatic heterocycles. The van der Waals surface area contributed by atoms with Crippen molar-refractivity contribution in [2.24, 2.45) is 0 Å². The topological polar surface area (TPSA) is 9.23 Å². The van der Waals surface area contributed by atoms with Gasteiger partial charge in [0.25, 0.3) is 0 Å². The van der Waals surface area contributed by atoms with Gasteiger partial charge in [-0.2, -0.15) is 13.2 Å². The summed E-state index contributed by atoms with van der Waals surface area (Å²) in [5, 5.41) is 0. The number of alkyl halides is 3. The molecule has 0 saturated heterocycles. The zero-order valence-corrected chi connectivity index (χ0v) is 8.28. The lowest BCUT2D eigenvalue weighted by Gasteiger charge is -2.06. The summed E-state index contributed by atoms with van der Waals surface area (Å²) in [6.45, 7) is 2.32. The molecule has 0 aliphatic carbocycles. The van der Waals surface area contributed by atoms with Gasteiger partial charge in [0.2, 0.25) is 0 Å². The van der Waals surface area contributed by atoms with Crippen molar-refractivity contribution in [1.29, 1.82) is 0 Å². The fourth-order valence-corrected chi connectivity index (χ4v) is 1.44. The summed E-state index contributed by atoms with van der Waals surface area (Å²) in [7, 11) is 0. The highest BCUT2D eigenvalue weighted by atomic mass is 32.2. The van der Waals surface area contributed by atoms with Crippen molar-refractivity contribution < 1.29 is 17.9 Å². The number of rotatable bonds is 3. The molecule has 0 aliphatic heterocycles. The zero-order valence-electron chi connectivity index (χ0n) is 7.47. The van der Waals surface area contributed by atoms with Gasteiger partial charge in [-0.15, -0.1) is 0 Å². The van der Waals surface area contributed by atoms with Gasteiger partial charge < -0.3 is 4.74 Å². The first-order valence-corrected chi connectivity index (χ1v) is 4.81. The lowest BCUT2D eigenvalue weighted by molar-refractivity contribution is -0.0328. The average Bonchev–Trinajstić information content (AvgIpc) is 2.06. The Bertz CT molecular complexity index is 281. The van der Waals surface area contributed by atoms with Crippen molar-refractivity contribution in [3.8, 4) is 5.75 Å². The Kier molecular flexibility index (Phi) is 3.69. The van der Waals surface area contributed by atoms with Crippen molar-refractivity contribution >= 4 is 11.8 Å². The van der Waals surface area contributed by atoms with E-state index in [-0.39, 0.29) is 16.7 Å². The number of hydrogen-bond donors (Lipinski definition) is 0. The monoisotopic (exact) mass is 222 g/mol. The average molecular weight is 222 g/mol. The molecule has 0 atom stereocenters. The van der Waals surface area contributed by atoms with Gasteiger partial charge in [-0.25, -0.2) is 0 Å². The number of halogens is 3. The third-order valence-corrected chi connectivity index (χ3v) is 2.11. The molecule has 0 fully saturated rings. The van der Waals surface area contributed by atoms with Crippen LogP contribution in [0.5, 0.6) is 5.75 Å². The van der Waals surface area contributed by atoms with Gasteiger partial charge in [-0.05, 0) is 43.0 Å². The van der Waals surface area contributed by atoms with E-state index >= 15 is 0 Å². The highest BCUT2D eigenvalue weighted by Gasteiger charge is 2.28. The third-order valence-electron chi connectivity index (χ3n) is 1.37. The molecule has 14 heavy (non-hydrogen) atoms. The minimum atomic E-state index is -4.23. The standard InChI is InChI=1S/C9H9F3OS/c1-2-13-7-3-5-8(6-4-7)14-9(10,11)12/h3-6H,2H2,1H3. The molecule has 1 rings (SSSR count). The molecule has 0 N–H and O–H groups in total. The van der Waals surface area contributed by atoms with Crippen LogP contribution in [-0.2, 0) is 0 Å². The van der Waals surface area contributed by atoms with E-state index in [1.54, 1.807) is 0 Å². The highest BCUT2D eigenvalue weighted by Crippen LogP contribution is 2.37. The number of hydrogen-bond acceptors (Lipinski definition) is 2.